The molecule has 1 unspecified atom stereocenters. The molecule has 1 aromatic carbocycles. The minimum atomic E-state index is -0.665. The van der Waals surface area contributed by atoms with Crippen LogP contribution >= 0.6 is 0 Å². The maximum Gasteiger partial charge on any atom is 0.299 e. The normalized spacial score (nSPS) is 11.9. The Morgan fingerprint density at radius 3 is 2.50 bits per heavy atom. The molecule has 0 saturated heterocycles. The number of nitro groups is 2. The lowest BCUT2D eigenvalue weighted by Crippen LogP contribution is -2.16. The van der Waals surface area contributed by atoms with Crippen LogP contribution < -0.4 is 5.32 Å². The second kappa shape index (κ2) is 7.39. The molecule has 110 valence electrons. The highest BCUT2D eigenvalue weighted by Gasteiger charge is 2.20. The van der Waals surface area contributed by atoms with Crippen LogP contribution in [0.5, 0.6) is 0 Å². The summed E-state index contributed by atoms with van der Waals surface area (Å²) in [6.07, 6.45) is 2.22. The van der Waals surface area contributed by atoms with E-state index in [1.54, 1.807) is 0 Å². The van der Waals surface area contributed by atoms with Gasteiger partial charge in [0.1, 0.15) is 5.69 Å². The zero-order valence-electron chi connectivity index (χ0n) is 11.1. The highest BCUT2D eigenvalue weighted by Crippen LogP contribution is 2.29. The van der Waals surface area contributed by atoms with Crippen molar-refractivity contribution in [2.45, 2.75) is 32.2 Å². The van der Waals surface area contributed by atoms with Crippen molar-refractivity contribution >= 4 is 17.1 Å². The average molecular weight is 283 g/mol. The van der Waals surface area contributed by atoms with Crippen molar-refractivity contribution in [1.82, 2.24) is 0 Å². The number of anilines is 1. The van der Waals surface area contributed by atoms with E-state index >= 15 is 0 Å². The summed E-state index contributed by atoms with van der Waals surface area (Å²) in [5, 5.41) is 33.2. The van der Waals surface area contributed by atoms with Gasteiger partial charge >= 0.3 is 0 Å². The van der Waals surface area contributed by atoms with E-state index in [-0.39, 0.29) is 29.7 Å². The Morgan fingerprint density at radius 2 is 1.95 bits per heavy atom. The van der Waals surface area contributed by atoms with E-state index in [2.05, 4.69) is 5.32 Å². The molecule has 1 aromatic rings. The number of aliphatic hydroxyl groups excluding tert-OH is 1. The van der Waals surface area contributed by atoms with Gasteiger partial charge in [0.2, 0.25) is 0 Å². The lowest BCUT2D eigenvalue weighted by atomic mass is 10.1. The molecule has 8 heteroatoms. The van der Waals surface area contributed by atoms with E-state index < -0.39 is 9.85 Å². The van der Waals surface area contributed by atoms with Crippen molar-refractivity contribution in [2.24, 2.45) is 0 Å². The molecular formula is C12H17N3O5. The number of rotatable bonds is 8. The number of unbranched alkanes of at least 4 members (excludes halogenated alkanes) is 1. The molecule has 0 aliphatic carbocycles. The molecule has 0 aliphatic rings. The minimum absolute atomic E-state index is 0.0262. The van der Waals surface area contributed by atoms with E-state index in [1.807, 2.05) is 6.92 Å². The van der Waals surface area contributed by atoms with Gasteiger partial charge in [-0.15, -0.1) is 0 Å². The van der Waals surface area contributed by atoms with Crippen LogP contribution in [0.25, 0.3) is 0 Å². The van der Waals surface area contributed by atoms with E-state index in [0.29, 0.717) is 6.42 Å². The summed E-state index contributed by atoms with van der Waals surface area (Å²) in [6.45, 7) is 1.98. The quantitative estimate of drug-likeness (QED) is 0.429. The Hall–Kier alpha value is -2.22. The Labute approximate surface area is 115 Å². The van der Waals surface area contributed by atoms with Gasteiger partial charge in [0.15, 0.2) is 0 Å². The van der Waals surface area contributed by atoms with Gasteiger partial charge in [-0.3, -0.25) is 20.2 Å². The molecule has 0 saturated carbocycles. The smallest absolute Gasteiger partial charge is 0.299 e. The second-order valence-electron chi connectivity index (χ2n) is 4.48. The molecule has 0 amide bonds. The van der Waals surface area contributed by atoms with Gasteiger partial charge in [-0.25, -0.2) is 0 Å². The molecule has 0 spiro atoms. The van der Waals surface area contributed by atoms with Crippen LogP contribution in [0.2, 0.25) is 0 Å². The fourth-order valence-electron chi connectivity index (χ4n) is 1.81. The number of hydrogen-bond acceptors (Lipinski definition) is 6. The first-order chi connectivity index (χ1) is 9.45. The Bertz CT molecular complexity index is 492. The first-order valence-electron chi connectivity index (χ1n) is 6.26. The standard InChI is InChI=1S/C12H17N3O5/c1-9(4-2-3-7-16)13-11-6-5-10(14(17)18)8-12(11)15(19)20/h5-6,8-9,13,16H,2-4,7H2,1H3. The van der Waals surface area contributed by atoms with E-state index in [9.17, 15) is 20.2 Å². The van der Waals surface area contributed by atoms with Crippen molar-refractivity contribution in [2.75, 3.05) is 11.9 Å². The minimum Gasteiger partial charge on any atom is -0.396 e. The fourth-order valence-corrected chi connectivity index (χ4v) is 1.81. The third-order valence-corrected chi connectivity index (χ3v) is 2.84. The van der Waals surface area contributed by atoms with Crippen molar-refractivity contribution in [1.29, 1.82) is 0 Å². The van der Waals surface area contributed by atoms with Crippen molar-refractivity contribution in [3.8, 4) is 0 Å². The molecular weight excluding hydrogens is 266 g/mol. The second-order valence-corrected chi connectivity index (χ2v) is 4.48. The first-order valence-corrected chi connectivity index (χ1v) is 6.26. The summed E-state index contributed by atoms with van der Waals surface area (Å²) in [5.41, 5.74) is -0.361. The van der Waals surface area contributed by atoms with Gasteiger partial charge in [-0.05, 0) is 32.3 Å². The largest absolute Gasteiger partial charge is 0.396 e. The molecule has 0 heterocycles. The third-order valence-electron chi connectivity index (χ3n) is 2.84. The van der Waals surface area contributed by atoms with Crippen molar-refractivity contribution in [3.63, 3.8) is 0 Å². The van der Waals surface area contributed by atoms with Crippen LogP contribution in [0.1, 0.15) is 26.2 Å². The van der Waals surface area contributed by atoms with Gasteiger partial charge in [0, 0.05) is 18.7 Å². The summed E-state index contributed by atoms with van der Waals surface area (Å²) in [6, 6.07) is 3.50. The average Bonchev–Trinajstić information content (AvgIpc) is 2.38. The number of aliphatic hydroxyl groups is 1. The number of nitro benzene ring substituents is 2. The topological polar surface area (TPSA) is 119 Å². The molecule has 0 aromatic heterocycles. The van der Waals surface area contributed by atoms with Crippen molar-refractivity contribution < 1.29 is 15.0 Å². The Morgan fingerprint density at radius 1 is 1.25 bits per heavy atom. The summed E-state index contributed by atoms with van der Waals surface area (Å²) in [7, 11) is 0. The lowest BCUT2D eigenvalue weighted by Gasteiger charge is -2.14. The van der Waals surface area contributed by atoms with Gasteiger partial charge < -0.3 is 10.4 Å². The van der Waals surface area contributed by atoms with Crippen LogP contribution in [-0.4, -0.2) is 27.6 Å². The molecule has 0 aliphatic heterocycles. The molecule has 0 radical (unpaired) electrons. The zero-order valence-corrected chi connectivity index (χ0v) is 11.1. The molecule has 1 atom stereocenters. The number of nitrogens with one attached hydrogen (secondary N) is 1. The summed E-state index contributed by atoms with van der Waals surface area (Å²) in [5.74, 6) is 0. The van der Waals surface area contributed by atoms with E-state index in [1.165, 1.54) is 12.1 Å². The number of hydrogen-bond donors (Lipinski definition) is 2. The van der Waals surface area contributed by atoms with E-state index in [4.69, 9.17) is 5.11 Å². The summed E-state index contributed by atoms with van der Waals surface area (Å²) < 4.78 is 0. The molecule has 8 nitrogen and oxygen atoms in total. The van der Waals surface area contributed by atoms with Crippen molar-refractivity contribution in [3.05, 3.63) is 38.4 Å². The van der Waals surface area contributed by atoms with Crippen LogP contribution in [0.3, 0.4) is 0 Å². The van der Waals surface area contributed by atoms with Gasteiger partial charge in [-0.2, -0.15) is 0 Å². The number of non-ortho nitro benzene ring substituents is 1. The molecule has 1 rings (SSSR count). The third kappa shape index (κ3) is 4.47. The molecule has 0 bridgehead atoms. The molecule has 2 N–H and O–H groups in total. The highest BCUT2D eigenvalue weighted by molar-refractivity contribution is 5.65. The number of benzene rings is 1. The summed E-state index contributed by atoms with van der Waals surface area (Å²) in [4.78, 5) is 20.3. The fraction of sp³-hybridized carbons (Fsp3) is 0.500. The number of nitrogens with zero attached hydrogens (tertiary/aromatic N) is 2. The monoisotopic (exact) mass is 283 g/mol. The Balaban J connectivity index is 2.83. The molecule has 0 fully saturated rings. The highest BCUT2D eigenvalue weighted by atomic mass is 16.6. The van der Waals surface area contributed by atoms with Gasteiger partial charge in [0.05, 0.1) is 15.9 Å². The van der Waals surface area contributed by atoms with E-state index in [0.717, 1.165) is 18.9 Å². The van der Waals surface area contributed by atoms with Crippen LogP contribution in [0, 0.1) is 20.2 Å². The first kappa shape index (κ1) is 15.8. The zero-order chi connectivity index (χ0) is 15.1. The molecule has 20 heavy (non-hydrogen) atoms. The van der Waals surface area contributed by atoms with Crippen LogP contribution in [0.4, 0.5) is 17.1 Å². The SMILES string of the molecule is CC(CCCCO)Nc1ccc([N+](=O)[O-])cc1[N+](=O)[O-]. The van der Waals surface area contributed by atoms with Gasteiger partial charge in [-0.1, -0.05) is 0 Å². The summed E-state index contributed by atoms with van der Waals surface area (Å²) >= 11 is 0. The van der Waals surface area contributed by atoms with Crippen LogP contribution in [0.15, 0.2) is 18.2 Å². The lowest BCUT2D eigenvalue weighted by molar-refractivity contribution is -0.393. The predicted molar refractivity (Wildman–Crippen MR) is 73.8 cm³/mol. The van der Waals surface area contributed by atoms with Gasteiger partial charge in [0.25, 0.3) is 11.4 Å². The maximum atomic E-state index is 10.9. The Kier molecular flexibility index (Phi) is 5.85. The predicted octanol–water partition coefficient (Wildman–Crippen LogP) is 2.47. The maximum absolute atomic E-state index is 10.9. The van der Waals surface area contributed by atoms with Crippen LogP contribution in [-0.2, 0) is 0 Å².